The number of carbonyl (C=O) groups is 4. The van der Waals surface area contributed by atoms with Crippen molar-refractivity contribution >= 4 is 29.3 Å². The fraction of sp³-hybridized carbons (Fsp3) is 0.444. The van der Waals surface area contributed by atoms with E-state index in [1.54, 1.807) is 18.2 Å². The molecule has 2 heterocycles. The van der Waals surface area contributed by atoms with Crippen LogP contribution in [-0.2, 0) is 14.3 Å². The highest BCUT2D eigenvalue weighted by atomic mass is 16.5. The third kappa shape index (κ3) is 3.83. The van der Waals surface area contributed by atoms with Crippen molar-refractivity contribution < 1.29 is 23.9 Å². The van der Waals surface area contributed by atoms with Gasteiger partial charge in [0.2, 0.25) is 11.8 Å². The van der Waals surface area contributed by atoms with Crippen LogP contribution in [0.25, 0.3) is 0 Å². The first-order valence-electron chi connectivity index (χ1n) is 8.91. The van der Waals surface area contributed by atoms with Crippen molar-refractivity contribution in [1.82, 2.24) is 10.2 Å². The molecule has 0 spiro atoms. The van der Waals surface area contributed by atoms with Gasteiger partial charge >= 0.3 is 0 Å². The van der Waals surface area contributed by atoms with Crippen molar-refractivity contribution in [2.75, 3.05) is 31.6 Å². The van der Waals surface area contributed by atoms with E-state index in [1.807, 2.05) is 0 Å². The second-order valence-corrected chi connectivity index (χ2v) is 6.36. The number of anilines is 1. The second kappa shape index (κ2) is 8.28. The molecule has 1 aromatic rings. The molecule has 2 aliphatic rings. The average Bonchev–Trinajstić information content (AvgIpc) is 2.78. The minimum absolute atomic E-state index is 0.195. The first-order valence-corrected chi connectivity index (χ1v) is 8.91. The summed E-state index contributed by atoms with van der Waals surface area (Å²) in [4.78, 5) is 50.5. The molecule has 0 unspecified atom stereocenters. The summed E-state index contributed by atoms with van der Waals surface area (Å²) in [6, 6.07) is 3.95. The molecule has 4 N–H and O–H groups in total. The zero-order valence-corrected chi connectivity index (χ0v) is 14.8. The van der Waals surface area contributed by atoms with Gasteiger partial charge in [-0.15, -0.1) is 0 Å². The Hall–Kier alpha value is -2.78. The van der Waals surface area contributed by atoms with Gasteiger partial charge in [0.15, 0.2) is 0 Å². The van der Waals surface area contributed by atoms with E-state index < -0.39 is 23.8 Å². The van der Waals surface area contributed by atoms with Crippen molar-refractivity contribution in [2.24, 2.45) is 5.73 Å². The molecular weight excluding hydrogens is 352 g/mol. The van der Waals surface area contributed by atoms with Crippen LogP contribution in [0.15, 0.2) is 18.2 Å². The predicted octanol–water partition coefficient (Wildman–Crippen LogP) is -0.135. The van der Waals surface area contributed by atoms with E-state index >= 15 is 0 Å². The van der Waals surface area contributed by atoms with Crippen LogP contribution in [0, 0.1) is 0 Å². The van der Waals surface area contributed by atoms with Crippen molar-refractivity contribution in [1.29, 1.82) is 0 Å². The van der Waals surface area contributed by atoms with Gasteiger partial charge in [-0.2, -0.15) is 0 Å². The minimum atomic E-state index is -0.982. The predicted molar refractivity (Wildman–Crippen MR) is 96.1 cm³/mol. The van der Waals surface area contributed by atoms with Gasteiger partial charge in [-0.05, 0) is 25.0 Å². The van der Waals surface area contributed by atoms with Crippen LogP contribution in [-0.4, -0.2) is 60.9 Å². The first-order chi connectivity index (χ1) is 13.0. The number of nitrogens with zero attached hydrogens (tertiary/aromatic N) is 1. The molecule has 0 saturated carbocycles. The standard InChI is InChI=1S/C18H22N4O5/c19-7-9-27-10-8-20-12-4-1-3-11-15(12)18(26)22(17(11)25)13-5-2-6-14(23)21-16(13)24/h1,3-4,13,20H,2,5-10,19H2,(H,21,23,24)/t13-/m0/s1. The molecule has 3 rings (SSSR count). The Labute approximate surface area is 156 Å². The van der Waals surface area contributed by atoms with E-state index in [4.69, 9.17) is 10.5 Å². The summed E-state index contributed by atoms with van der Waals surface area (Å²) in [5.74, 6) is -2.06. The third-order valence-electron chi connectivity index (χ3n) is 4.53. The SMILES string of the molecule is NCCOCCNc1cccc2c1C(=O)N([C@H]1CCCC(=O)NC1=O)C2=O. The van der Waals surface area contributed by atoms with Crippen molar-refractivity contribution in [3.8, 4) is 0 Å². The van der Waals surface area contributed by atoms with Crippen LogP contribution in [0.5, 0.6) is 0 Å². The Morgan fingerprint density at radius 3 is 2.78 bits per heavy atom. The number of amides is 4. The number of carbonyl (C=O) groups excluding carboxylic acids is 4. The molecule has 0 radical (unpaired) electrons. The molecule has 4 amide bonds. The quantitative estimate of drug-likeness (QED) is 0.447. The van der Waals surface area contributed by atoms with Gasteiger partial charge in [0.05, 0.1) is 24.3 Å². The summed E-state index contributed by atoms with van der Waals surface area (Å²) in [6.07, 6.45) is 0.888. The van der Waals surface area contributed by atoms with Crippen LogP contribution < -0.4 is 16.4 Å². The molecule has 0 bridgehead atoms. The first kappa shape index (κ1) is 19.0. The highest BCUT2D eigenvalue weighted by Crippen LogP contribution is 2.32. The molecule has 1 saturated heterocycles. The van der Waals surface area contributed by atoms with Gasteiger partial charge < -0.3 is 15.8 Å². The Bertz CT molecular complexity index is 779. The molecule has 1 atom stereocenters. The van der Waals surface area contributed by atoms with Crippen LogP contribution in [0.3, 0.4) is 0 Å². The summed E-state index contributed by atoms with van der Waals surface area (Å²) >= 11 is 0. The van der Waals surface area contributed by atoms with E-state index in [0.717, 1.165) is 4.90 Å². The third-order valence-corrected chi connectivity index (χ3v) is 4.53. The largest absolute Gasteiger partial charge is 0.382 e. The zero-order chi connectivity index (χ0) is 19.4. The number of benzene rings is 1. The van der Waals surface area contributed by atoms with Gasteiger partial charge in [0, 0.05) is 25.2 Å². The van der Waals surface area contributed by atoms with Crippen LogP contribution >= 0.6 is 0 Å². The van der Waals surface area contributed by atoms with Gasteiger partial charge in [-0.1, -0.05) is 6.07 Å². The number of imide groups is 2. The Morgan fingerprint density at radius 2 is 2.00 bits per heavy atom. The molecule has 9 nitrogen and oxygen atoms in total. The van der Waals surface area contributed by atoms with Crippen LogP contribution in [0.2, 0.25) is 0 Å². The number of ether oxygens (including phenoxy) is 1. The number of nitrogens with one attached hydrogen (secondary N) is 2. The minimum Gasteiger partial charge on any atom is -0.382 e. The number of hydrogen-bond acceptors (Lipinski definition) is 7. The van der Waals surface area contributed by atoms with Gasteiger partial charge in [0.1, 0.15) is 6.04 Å². The number of fused-ring (bicyclic) bond motifs is 1. The number of nitrogens with two attached hydrogens (primary N) is 1. The maximum atomic E-state index is 13.0. The van der Waals surface area contributed by atoms with E-state index in [1.165, 1.54) is 0 Å². The lowest BCUT2D eigenvalue weighted by atomic mass is 10.1. The topological polar surface area (TPSA) is 131 Å². The van der Waals surface area contributed by atoms with E-state index in [9.17, 15) is 19.2 Å². The van der Waals surface area contributed by atoms with E-state index in [0.29, 0.717) is 38.4 Å². The fourth-order valence-electron chi connectivity index (χ4n) is 3.29. The molecule has 1 fully saturated rings. The monoisotopic (exact) mass is 374 g/mol. The molecular formula is C18H22N4O5. The zero-order valence-electron chi connectivity index (χ0n) is 14.8. The fourth-order valence-corrected chi connectivity index (χ4v) is 3.29. The van der Waals surface area contributed by atoms with Gasteiger partial charge in [0.25, 0.3) is 11.8 Å². The lowest BCUT2D eigenvalue weighted by molar-refractivity contribution is -0.131. The maximum Gasteiger partial charge on any atom is 0.264 e. The van der Waals surface area contributed by atoms with E-state index in [-0.39, 0.29) is 29.9 Å². The normalized spacial score (nSPS) is 19.7. The van der Waals surface area contributed by atoms with Crippen LogP contribution in [0.4, 0.5) is 5.69 Å². The summed E-state index contributed by atoms with van der Waals surface area (Å²) in [7, 11) is 0. The molecule has 9 heteroatoms. The Morgan fingerprint density at radius 1 is 1.19 bits per heavy atom. The number of rotatable bonds is 7. The Kier molecular flexibility index (Phi) is 5.82. The average molecular weight is 374 g/mol. The molecule has 0 aliphatic carbocycles. The molecule has 0 aromatic heterocycles. The van der Waals surface area contributed by atoms with Gasteiger partial charge in [-0.3, -0.25) is 29.4 Å². The summed E-state index contributed by atoms with van der Waals surface area (Å²) < 4.78 is 5.29. The molecule has 27 heavy (non-hydrogen) atoms. The van der Waals surface area contributed by atoms with Crippen molar-refractivity contribution in [3.05, 3.63) is 29.3 Å². The molecule has 144 valence electrons. The summed E-state index contributed by atoms with van der Waals surface area (Å²) in [6.45, 7) is 1.71. The van der Waals surface area contributed by atoms with Crippen molar-refractivity contribution in [2.45, 2.75) is 25.3 Å². The maximum absolute atomic E-state index is 13.0. The highest BCUT2D eigenvalue weighted by molar-refractivity contribution is 6.25. The number of hydrogen-bond donors (Lipinski definition) is 3. The summed E-state index contributed by atoms with van der Waals surface area (Å²) in [5, 5.41) is 5.33. The molecule has 1 aromatic carbocycles. The second-order valence-electron chi connectivity index (χ2n) is 6.36. The van der Waals surface area contributed by atoms with E-state index in [2.05, 4.69) is 10.6 Å². The highest BCUT2D eigenvalue weighted by Gasteiger charge is 2.44. The smallest absolute Gasteiger partial charge is 0.264 e. The lowest BCUT2D eigenvalue weighted by Gasteiger charge is -2.23. The van der Waals surface area contributed by atoms with Crippen LogP contribution in [0.1, 0.15) is 40.0 Å². The lowest BCUT2D eigenvalue weighted by Crippen LogP contribution is -2.49. The Balaban J connectivity index is 1.79. The van der Waals surface area contributed by atoms with Gasteiger partial charge in [-0.25, -0.2) is 0 Å². The molecule has 2 aliphatic heterocycles. The summed E-state index contributed by atoms with van der Waals surface area (Å²) in [5.41, 5.74) is 6.36. The van der Waals surface area contributed by atoms with Crippen molar-refractivity contribution in [3.63, 3.8) is 0 Å².